The Hall–Kier alpha value is -1.69. The fourth-order valence-corrected chi connectivity index (χ4v) is 3.85. The van der Waals surface area contributed by atoms with Crippen LogP contribution in [0, 0.1) is 0 Å². The fraction of sp³-hybridized carbons (Fsp3) is 0.421. The van der Waals surface area contributed by atoms with Gasteiger partial charge in [0.25, 0.3) is 5.91 Å². The van der Waals surface area contributed by atoms with Gasteiger partial charge in [-0.15, -0.1) is 0 Å². The molecule has 24 heavy (non-hydrogen) atoms. The van der Waals surface area contributed by atoms with Crippen LogP contribution in [0.15, 0.2) is 41.1 Å². The molecule has 2 heterocycles. The summed E-state index contributed by atoms with van der Waals surface area (Å²) in [7, 11) is 0. The van der Waals surface area contributed by atoms with E-state index in [1.165, 1.54) is 22.5 Å². The smallest absolute Gasteiger partial charge is 0.252 e. The first-order valence-corrected chi connectivity index (χ1v) is 9.31. The molecule has 2 unspecified atom stereocenters. The normalized spacial score (nSPS) is 21.6. The lowest BCUT2D eigenvalue weighted by atomic mass is 10.1. The lowest BCUT2D eigenvalue weighted by molar-refractivity contribution is -0.0705. The number of morpholine rings is 1. The molecule has 2 aromatic rings. The first kappa shape index (κ1) is 17.1. The summed E-state index contributed by atoms with van der Waals surface area (Å²) in [6.07, 6.45) is 0.526. The molecule has 2 atom stereocenters. The third-order valence-corrected chi connectivity index (χ3v) is 4.91. The van der Waals surface area contributed by atoms with Crippen LogP contribution in [0.5, 0.6) is 0 Å². The fourth-order valence-electron chi connectivity index (χ4n) is 3.21. The van der Waals surface area contributed by atoms with Crippen molar-refractivity contribution in [3.63, 3.8) is 0 Å². The van der Waals surface area contributed by atoms with E-state index in [2.05, 4.69) is 42.3 Å². The highest BCUT2D eigenvalue weighted by Gasteiger charge is 2.22. The quantitative estimate of drug-likeness (QED) is 0.905. The van der Waals surface area contributed by atoms with Crippen molar-refractivity contribution in [2.75, 3.05) is 13.1 Å². The second-order valence-corrected chi connectivity index (χ2v) is 7.19. The summed E-state index contributed by atoms with van der Waals surface area (Å²) < 4.78 is 5.81. The highest BCUT2D eigenvalue weighted by molar-refractivity contribution is 7.08. The van der Waals surface area contributed by atoms with Crippen molar-refractivity contribution in [1.82, 2.24) is 10.2 Å². The highest BCUT2D eigenvalue weighted by atomic mass is 32.1. The van der Waals surface area contributed by atoms with Crippen LogP contribution in [0.2, 0.25) is 0 Å². The molecule has 1 aliphatic rings. The Morgan fingerprint density at radius 2 is 1.92 bits per heavy atom. The van der Waals surface area contributed by atoms with Crippen molar-refractivity contribution < 1.29 is 9.53 Å². The Kier molecular flexibility index (Phi) is 5.66. The first-order valence-electron chi connectivity index (χ1n) is 8.37. The van der Waals surface area contributed by atoms with Crippen LogP contribution < -0.4 is 5.32 Å². The van der Waals surface area contributed by atoms with E-state index in [1.807, 2.05) is 22.9 Å². The predicted molar refractivity (Wildman–Crippen MR) is 97.2 cm³/mol. The maximum absolute atomic E-state index is 12.1. The van der Waals surface area contributed by atoms with E-state index >= 15 is 0 Å². The molecule has 1 aliphatic heterocycles. The van der Waals surface area contributed by atoms with Gasteiger partial charge in [0.2, 0.25) is 0 Å². The first-order chi connectivity index (χ1) is 11.6. The number of nitrogens with zero attached hydrogens (tertiary/aromatic N) is 1. The topological polar surface area (TPSA) is 41.6 Å². The SMILES string of the molecule is CC1CN(Cc2ccccc2CNC(=O)c2ccsc2)CC(C)O1. The summed E-state index contributed by atoms with van der Waals surface area (Å²) in [6, 6.07) is 10.2. The van der Waals surface area contributed by atoms with E-state index in [-0.39, 0.29) is 18.1 Å². The van der Waals surface area contributed by atoms with Crippen LogP contribution in [0.3, 0.4) is 0 Å². The van der Waals surface area contributed by atoms with Gasteiger partial charge in [0.05, 0.1) is 12.2 Å². The van der Waals surface area contributed by atoms with E-state index in [0.29, 0.717) is 6.54 Å². The molecule has 1 fully saturated rings. The van der Waals surface area contributed by atoms with Crippen molar-refractivity contribution in [3.8, 4) is 0 Å². The Morgan fingerprint density at radius 1 is 1.21 bits per heavy atom. The Balaban J connectivity index is 1.63. The third kappa shape index (κ3) is 4.44. The van der Waals surface area contributed by atoms with Gasteiger partial charge in [0, 0.05) is 37.1 Å². The largest absolute Gasteiger partial charge is 0.373 e. The van der Waals surface area contributed by atoms with Crippen LogP contribution in [0.4, 0.5) is 0 Å². The number of hydrogen-bond acceptors (Lipinski definition) is 4. The summed E-state index contributed by atoms with van der Waals surface area (Å²) in [5.74, 6) is -0.0142. The number of ether oxygens (including phenoxy) is 1. The van der Waals surface area contributed by atoms with Gasteiger partial charge in [-0.2, -0.15) is 11.3 Å². The molecule has 0 spiro atoms. The lowest BCUT2D eigenvalue weighted by Gasteiger charge is -2.35. The van der Waals surface area contributed by atoms with Gasteiger partial charge in [-0.3, -0.25) is 9.69 Å². The highest BCUT2D eigenvalue weighted by Crippen LogP contribution is 2.17. The molecule has 1 amide bonds. The number of carbonyl (C=O) groups excluding carboxylic acids is 1. The van der Waals surface area contributed by atoms with Gasteiger partial charge in [-0.1, -0.05) is 24.3 Å². The molecule has 0 saturated carbocycles. The Labute approximate surface area is 147 Å². The monoisotopic (exact) mass is 344 g/mol. The van der Waals surface area contributed by atoms with Crippen molar-refractivity contribution >= 4 is 17.2 Å². The molecular weight excluding hydrogens is 320 g/mol. The zero-order valence-electron chi connectivity index (χ0n) is 14.2. The third-order valence-electron chi connectivity index (χ3n) is 4.23. The van der Waals surface area contributed by atoms with Crippen LogP contribution in [0.1, 0.15) is 35.3 Å². The van der Waals surface area contributed by atoms with Gasteiger partial charge >= 0.3 is 0 Å². The Bertz CT molecular complexity index is 662. The van der Waals surface area contributed by atoms with E-state index in [9.17, 15) is 4.79 Å². The van der Waals surface area contributed by atoms with Crippen molar-refractivity contribution in [2.45, 2.75) is 39.1 Å². The van der Waals surface area contributed by atoms with Crippen LogP contribution in [-0.4, -0.2) is 36.1 Å². The van der Waals surface area contributed by atoms with Crippen LogP contribution >= 0.6 is 11.3 Å². The maximum atomic E-state index is 12.1. The second-order valence-electron chi connectivity index (χ2n) is 6.41. The average molecular weight is 344 g/mol. The average Bonchev–Trinajstić information content (AvgIpc) is 3.07. The standard InChI is InChI=1S/C19H24N2O2S/c1-14-10-21(11-15(2)23-14)12-17-6-4-3-5-16(17)9-20-19(22)18-7-8-24-13-18/h3-8,13-15H,9-12H2,1-2H3,(H,20,22). The minimum absolute atomic E-state index is 0.0142. The van der Waals surface area contributed by atoms with Gasteiger partial charge in [0.1, 0.15) is 0 Å². The minimum Gasteiger partial charge on any atom is -0.373 e. The molecule has 1 aromatic heterocycles. The number of amides is 1. The van der Waals surface area contributed by atoms with E-state index in [0.717, 1.165) is 25.2 Å². The van der Waals surface area contributed by atoms with Gasteiger partial charge < -0.3 is 10.1 Å². The number of rotatable bonds is 5. The zero-order valence-corrected chi connectivity index (χ0v) is 15.0. The van der Waals surface area contributed by atoms with Gasteiger partial charge in [0.15, 0.2) is 0 Å². The number of carbonyl (C=O) groups is 1. The molecule has 128 valence electrons. The summed E-state index contributed by atoms with van der Waals surface area (Å²) in [5, 5.41) is 6.81. The minimum atomic E-state index is -0.0142. The maximum Gasteiger partial charge on any atom is 0.252 e. The second kappa shape index (κ2) is 7.92. The van der Waals surface area contributed by atoms with E-state index < -0.39 is 0 Å². The molecule has 4 nitrogen and oxygen atoms in total. The van der Waals surface area contributed by atoms with Crippen molar-refractivity contribution in [1.29, 1.82) is 0 Å². The number of thiophene rings is 1. The molecule has 0 aliphatic carbocycles. The van der Waals surface area contributed by atoms with Crippen molar-refractivity contribution in [3.05, 3.63) is 57.8 Å². The number of hydrogen-bond donors (Lipinski definition) is 1. The molecular formula is C19H24N2O2S. The predicted octanol–water partition coefficient (Wildman–Crippen LogP) is 3.29. The van der Waals surface area contributed by atoms with Crippen LogP contribution in [0.25, 0.3) is 0 Å². The van der Waals surface area contributed by atoms with Gasteiger partial charge in [-0.25, -0.2) is 0 Å². The van der Waals surface area contributed by atoms with Crippen molar-refractivity contribution in [2.24, 2.45) is 0 Å². The molecule has 0 bridgehead atoms. The lowest BCUT2D eigenvalue weighted by Crippen LogP contribution is -2.45. The summed E-state index contributed by atoms with van der Waals surface area (Å²) in [5.41, 5.74) is 3.17. The number of benzene rings is 1. The summed E-state index contributed by atoms with van der Waals surface area (Å²) in [6.45, 7) is 7.58. The molecule has 5 heteroatoms. The van der Waals surface area contributed by atoms with E-state index in [1.54, 1.807) is 0 Å². The molecule has 1 aromatic carbocycles. The Morgan fingerprint density at radius 3 is 2.58 bits per heavy atom. The molecule has 0 radical (unpaired) electrons. The zero-order chi connectivity index (χ0) is 16.9. The van der Waals surface area contributed by atoms with Crippen LogP contribution in [-0.2, 0) is 17.8 Å². The molecule has 3 rings (SSSR count). The summed E-state index contributed by atoms with van der Waals surface area (Å²) >= 11 is 1.54. The van der Waals surface area contributed by atoms with E-state index in [4.69, 9.17) is 4.74 Å². The number of nitrogens with one attached hydrogen (secondary N) is 1. The molecule has 1 N–H and O–H groups in total. The van der Waals surface area contributed by atoms with Gasteiger partial charge in [-0.05, 0) is 36.4 Å². The molecule has 1 saturated heterocycles. The summed E-state index contributed by atoms with van der Waals surface area (Å²) in [4.78, 5) is 14.6.